The standard InChI is InChI=1S/C31H34N6O3S/c1-21-8-4-5-11-27(21)31(2,3)29(38)33-19-22-12-14-23(15-13-22)26-20-34-30-36-24-9-6-10-25(18-24)41(39,40)35-17-7-16-32-28(26)37-30/h4-6,8-15,18,20,35H,7,16-17,19H2,1-3H3,(H,33,38)(H2,32,34,36,37). The third-order valence-electron chi connectivity index (χ3n) is 7.23. The molecule has 0 spiro atoms. The maximum absolute atomic E-state index is 13.1. The molecule has 41 heavy (non-hydrogen) atoms. The van der Waals surface area contributed by atoms with Gasteiger partial charge in [0.2, 0.25) is 21.9 Å². The molecule has 0 saturated heterocycles. The number of anilines is 3. The molecule has 212 valence electrons. The summed E-state index contributed by atoms with van der Waals surface area (Å²) < 4.78 is 27.9. The smallest absolute Gasteiger partial charge is 0.240 e. The topological polar surface area (TPSA) is 125 Å². The van der Waals surface area contributed by atoms with Gasteiger partial charge in [-0.25, -0.2) is 18.1 Å². The summed E-state index contributed by atoms with van der Waals surface area (Å²) in [6.07, 6.45) is 2.32. The molecule has 0 aliphatic carbocycles. The molecular formula is C31H34N6O3S. The maximum atomic E-state index is 13.1. The zero-order valence-corrected chi connectivity index (χ0v) is 24.2. The van der Waals surface area contributed by atoms with Crippen molar-refractivity contribution >= 4 is 33.4 Å². The second-order valence-electron chi connectivity index (χ2n) is 10.6. The summed E-state index contributed by atoms with van der Waals surface area (Å²) in [5.74, 6) is 0.964. The Morgan fingerprint density at radius 3 is 2.56 bits per heavy atom. The monoisotopic (exact) mass is 570 g/mol. The van der Waals surface area contributed by atoms with Crippen molar-refractivity contribution in [3.8, 4) is 11.1 Å². The van der Waals surface area contributed by atoms with Gasteiger partial charge in [0.15, 0.2) is 0 Å². The number of aryl methyl sites for hydroxylation is 1. The molecule has 0 saturated carbocycles. The quantitative estimate of drug-likeness (QED) is 0.269. The number of nitrogens with one attached hydrogen (secondary N) is 4. The van der Waals surface area contributed by atoms with E-state index in [2.05, 4.69) is 30.6 Å². The van der Waals surface area contributed by atoms with Crippen LogP contribution in [0, 0.1) is 6.92 Å². The van der Waals surface area contributed by atoms with Gasteiger partial charge in [0.05, 0.1) is 10.3 Å². The Bertz CT molecular complexity index is 1670. The van der Waals surface area contributed by atoms with Crippen molar-refractivity contribution in [3.05, 3.63) is 95.7 Å². The Hall–Kier alpha value is -4.28. The van der Waals surface area contributed by atoms with Crippen LogP contribution in [0.1, 0.15) is 37.0 Å². The van der Waals surface area contributed by atoms with E-state index in [0.29, 0.717) is 43.5 Å². The number of nitrogens with zero attached hydrogens (tertiary/aromatic N) is 2. The second-order valence-corrected chi connectivity index (χ2v) is 12.4. The van der Waals surface area contributed by atoms with Gasteiger partial charge in [0.1, 0.15) is 5.82 Å². The van der Waals surface area contributed by atoms with Gasteiger partial charge in [-0.3, -0.25) is 4.79 Å². The Morgan fingerprint density at radius 1 is 1.00 bits per heavy atom. The van der Waals surface area contributed by atoms with Crippen LogP contribution < -0.4 is 20.7 Å². The van der Waals surface area contributed by atoms with Crippen LogP contribution in [0.5, 0.6) is 0 Å². The van der Waals surface area contributed by atoms with Gasteiger partial charge in [-0.15, -0.1) is 0 Å². The highest BCUT2D eigenvalue weighted by Gasteiger charge is 2.30. The van der Waals surface area contributed by atoms with E-state index in [4.69, 9.17) is 0 Å². The maximum Gasteiger partial charge on any atom is 0.240 e. The van der Waals surface area contributed by atoms with Gasteiger partial charge in [-0.05, 0) is 67.6 Å². The average molecular weight is 571 g/mol. The summed E-state index contributed by atoms with van der Waals surface area (Å²) in [5.41, 5.74) is 4.73. The van der Waals surface area contributed by atoms with Crippen LogP contribution in [0.15, 0.2) is 83.9 Å². The molecule has 10 heteroatoms. The number of benzene rings is 3. The average Bonchev–Trinajstić information content (AvgIpc) is 2.96. The molecular weight excluding hydrogens is 536 g/mol. The summed E-state index contributed by atoms with van der Waals surface area (Å²) in [4.78, 5) is 22.4. The third kappa shape index (κ3) is 6.39. The SMILES string of the molecule is Cc1ccccc1C(C)(C)C(=O)NCc1ccc(-c2cnc3nc2NCCCNS(=O)(=O)c2cccc(c2)N3)cc1. The lowest BCUT2D eigenvalue weighted by Gasteiger charge is -2.26. The van der Waals surface area contributed by atoms with Crippen molar-refractivity contribution in [2.45, 2.75) is 44.0 Å². The van der Waals surface area contributed by atoms with Gasteiger partial charge in [0.25, 0.3) is 0 Å². The normalized spacial score (nSPS) is 14.8. The summed E-state index contributed by atoms with van der Waals surface area (Å²) >= 11 is 0. The molecule has 0 radical (unpaired) electrons. The molecule has 1 aliphatic heterocycles. The van der Waals surface area contributed by atoms with E-state index >= 15 is 0 Å². The highest BCUT2D eigenvalue weighted by Crippen LogP contribution is 2.29. The Balaban J connectivity index is 1.32. The zero-order valence-electron chi connectivity index (χ0n) is 23.4. The molecule has 4 N–H and O–H groups in total. The Kier molecular flexibility index (Phi) is 8.05. The van der Waals surface area contributed by atoms with Crippen molar-refractivity contribution in [1.82, 2.24) is 20.0 Å². The molecule has 0 atom stereocenters. The van der Waals surface area contributed by atoms with Crippen molar-refractivity contribution < 1.29 is 13.2 Å². The number of sulfonamides is 1. The first-order valence-corrected chi connectivity index (χ1v) is 15.0. The van der Waals surface area contributed by atoms with Crippen molar-refractivity contribution in [3.63, 3.8) is 0 Å². The van der Waals surface area contributed by atoms with Crippen LogP contribution in [-0.2, 0) is 26.8 Å². The van der Waals surface area contributed by atoms with Crippen molar-refractivity contribution in [2.75, 3.05) is 23.7 Å². The molecule has 5 rings (SSSR count). The molecule has 1 amide bonds. The number of fused-ring (bicyclic) bond motifs is 4. The van der Waals surface area contributed by atoms with Gasteiger partial charge in [-0.1, -0.05) is 54.6 Å². The van der Waals surface area contributed by atoms with Crippen LogP contribution in [0.3, 0.4) is 0 Å². The van der Waals surface area contributed by atoms with Gasteiger partial charge in [-0.2, -0.15) is 4.98 Å². The lowest BCUT2D eigenvalue weighted by Crippen LogP contribution is -2.40. The number of rotatable bonds is 5. The van der Waals surface area contributed by atoms with Gasteiger partial charge >= 0.3 is 0 Å². The van der Waals surface area contributed by atoms with E-state index in [1.807, 2.05) is 69.3 Å². The minimum atomic E-state index is -3.61. The first kappa shape index (κ1) is 28.3. The van der Waals surface area contributed by atoms with E-state index in [-0.39, 0.29) is 10.8 Å². The van der Waals surface area contributed by atoms with Gasteiger partial charge in [0, 0.05) is 37.1 Å². The van der Waals surface area contributed by atoms with Crippen molar-refractivity contribution in [2.24, 2.45) is 0 Å². The lowest BCUT2D eigenvalue weighted by molar-refractivity contribution is -0.125. The van der Waals surface area contributed by atoms with Crippen LogP contribution in [0.2, 0.25) is 0 Å². The first-order chi connectivity index (χ1) is 19.6. The molecule has 0 fully saturated rings. The largest absolute Gasteiger partial charge is 0.369 e. The minimum absolute atomic E-state index is 0.0318. The van der Waals surface area contributed by atoms with Crippen molar-refractivity contribution in [1.29, 1.82) is 0 Å². The number of carbonyl (C=O) groups is 1. The molecule has 2 heterocycles. The fourth-order valence-corrected chi connectivity index (χ4v) is 5.96. The number of carbonyl (C=O) groups excluding carboxylic acids is 1. The zero-order chi connectivity index (χ0) is 29.0. The number of aromatic nitrogens is 2. The molecule has 0 unspecified atom stereocenters. The van der Waals surface area contributed by atoms with Crippen LogP contribution in [0.4, 0.5) is 17.5 Å². The fraction of sp³-hybridized carbons (Fsp3) is 0.258. The summed E-state index contributed by atoms with van der Waals surface area (Å²) in [6.45, 7) is 7.13. The van der Waals surface area contributed by atoms with Crippen LogP contribution in [-0.4, -0.2) is 37.4 Å². The summed E-state index contributed by atoms with van der Waals surface area (Å²) in [5, 5.41) is 9.52. The number of amides is 1. The lowest BCUT2D eigenvalue weighted by atomic mass is 9.81. The third-order valence-corrected chi connectivity index (χ3v) is 8.69. The highest BCUT2D eigenvalue weighted by atomic mass is 32.2. The van der Waals surface area contributed by atoms with E-state index < -0.39 is 15.4 Å². The van der Waals surface area contributed by atoms with Crippen LogP contribution in [0.25, 0.3) is 11.1 Å². The molecule has 9 nitrogen and oxygen atoms in total. The first-order valence-electron chi connectivity index (χ1n) is 13.5. The fourth-order valence-electron chi connectivity index (χ4n) is 4.85. The molecule has 1 aromatic heterocycles. The van der Waals surface area contributed by atoms with Crippen LogP contribution >= 0.6 is 0 Å². The summed E-state index contributed by atoms with van der Waals surface area (Å²) in [6, 6.07) is 22.4. The highest BCUT2D eigenvalue weighted by molar-refractivity contribution is 7.89. The molecule has 4 bridgehead atoms. The predicted octanol–water partition coefficient (Wildman–Crippen LogP) is 4.88. The molecule has 4 aromatic rings. The molecule has 3 aromatic carbocycles. The number of hydrogen-bond acceptors (Lipinski definition) is 7. The summed E-state index contributed by atoms with van der Waals surface area (Å²) in [7, 11) is -3.61. The molecule has 1 aliphatic rings. The predicted molar refractivity (Wildman–Crippen MR) is 162 cm³/mol. The van der Waals surface area contributed by atoms with Gasteiger partial charge < -0.3 is 16.0 Å². The second kappa shape index (κ2) is 11.7. The Morgan fingerprint density at radius 2 is 1.78 bits per heavy atom. The number of hydrogen-bond donors (Lipinski definition) is 4. The van der Waals surface area contributed by atoms with E-state index in [1.54, 1.807) is 30.5 Å². The minimum Gasteiger partial charge on any atom is -0.369 e. The van der Waals surface area contributed by atoms with E-state index in [0.717, 1.165) is 27.8 Å². The Labute approximate surface area is 240 Å². The van der Waals surface area contributed by atoms with E-state index in [1.165, 1.54) is 0 Å². The van der Waals surface area contributed by atoms with E-state index in [9.17, 15) is 13.2 Å².